The van der Waals surface area contributed by atoms with E-state index >= 15 is 0 Å². The number of hydrogen-bond donors (Lipinski definition) is 1. The molecule has 13 heavy (non-hydrogen) atoms. The Balaban J connectivity index is 0.000000845. The molecule has 1 fully saturated rings. The second-order valence-corrected chi connectivity index (χ2v) is 3.86. The molecule has 1 heterocycles. The lowest BCUT2D eigenvalue weighted by atomic mass is 10.2. The second-order valence-electron chi connectivity index (χ2n) is 3.08. The van der Waals surface area contributed by atoms with Gasteiger partial charge < -0.3 is 5.73 Å². The summed E-state index contributed by atoms with van der Waals surface area (Å²) in [5.41, 5.74) is 6.85. The first-order chi connectivity index (χ1) is 5.74. The van der Waals surface area contributed by atoms with Gasteiger partial charge in [0.05, 0.1) is 11.2 Å². The molecule has 0 spiro atoms. The summed E-state index contributed by atoms with van der Waals surface area (Å²) < 4.78 is 0. The van der Waals surface area contributed by atoms with E-state index in [9.17, 15) is 0 Å². The molecule has 1 aliphatic carbocycles. The predicted molar refractivity (Wildman–Crippen MR) is 56.2 cm³/mol. The SMILES string of the molecule is CSc1nccc(C2(N)CC2)n1.Cl. The molecule has 0 amide bonds. The Morgan fingerprint density at radius 3 is 2.77 bits per heavy atom. The molecular weight excluding hydrogens is 206 g/mol. The number of nitrogens with zero attached hydrogens (tertiary/aromatic N) is 2. The lowest BCUT2D eigenvalue weighted by Crippen LogP contribution is -2.20. The van der Waals surface area contributed by atoms with Crippen molar-refractivity contribution < 1.29 is 0 Å². The van der Waals surface area contributed by atoms with Crippen molar-refractivity contribution in [3.8, 4) is 0 Å². The van der Waals surface area contributed by atoms with Crippen molar-refractivity contribution in [2.75, 3.05) is 6.26 Å². The van der Waals surface area contributed by atoms with Crippen LogP contribution in [0.2, 0.25) is 0 Å². The van der Waals surface area contributed by atoms with Gasteiger partial charge >= 0.3 is 0 Å². The summed E-state index contributed by atoms with van der Waals surface area (Å²) in [7, 11) is 0. The quantitative estimate of drug-likeness (QED) is 0.604. The van der Waals surface area contributed by atoms with Gasteiger partial charge in [-0.25, -0.2) is 9.97 Å². The number of halogens is 1. The minimum absolute atomic E-state index is 0. The van der Waals surface area contributed by atoms with Gasteiger partial charge in [-0.1, -0.05) is 11.8 Å². The third-order valence-electron chi connectivity index (χ3n) is 2.11. The van der Waals surface area contributed by atoms with Crippen LogP contribution in [0.1, 0.15) is 18.5 Å². The van der Waals surface area contributed by atoms with Crippen molar-refractivity contribution in [3.63, 3.8) is 0 Å². The maximum atomic E-state index is 5.99. The molecule has 0 saturated heterocycles. The van der Waals surface area contributed by atoms with Crippen LogP contribution in [0.15, 0.2) is 17.4 Å². The number of aromatic nitrogens is 2. The number of thioether (sulfide) groups is 1. The van der Waals surface area contributed by atoms with Crippen molar-refractivity contribution in [1.82, 2.24) is 9.97 Å². The van der Waals surface area contributed by atoms with E-state index in [4.69, 9.17) is 5.73 Å². The van der Waals surface area contributed by atoms with E-state index in [0.29, 0.717) is 0 Å². The molecule has 0 aliphatic heterocycles. The van der Waals surface area contributed by atoms with E-state index in [0.717, 1.165) is 23.7 Å². The Labute approximate surface area is 87.9 Å². The molecule has 2 N–H and O–H groups in total. The van der Waals surface area contributed by atoms with E-state index in [1.54, 1.807) is 18.0 Å². The number of nitrogens with two attached hydrogens (primary N) is 1. The normalized spacial score (nSPS) is 17.7. The first-order valence-electron chi connectivity index (χ1n) is 3.91. The van der Waals surface area contributed by atoms with Gasteiger partial charge in [-0.05, 0) is 25.2 Å². The summed E-state index contributed by atoms with van der Waals surface area (Å²) in [6.45, 7) is 0. The molecule has 0 atom stereocenters. The molecule has 5 heteroatoms. The van der Waals surface area contributed by atoms with Gasteiger partial charge in [0, 0.05) is 6.20 Å². The fraction of sp³-hybridized carbons (Fsp3) is 0.500. The van der Waals surface area contributed by atoms with E-state index < -0.39 is 0 Å². The molecule has 0 radical (unpaired) electrons. The van der Waals surface area contributed by atoms with Crippen LogP contribution in [0.3, 0.4) is 0 Å². The average molecular weight is 218 g/mol. The van der Waals surface area contributed by atoms with Gasteiger partial charge in [0.1, 0.15) is 0 Å². The predicted octanol–water partition coefficient (Wildman–Crippen LogP) is 1.57. The zero-order chi connectivity index (χ0) is 8.60. The monoisotopic (exact) mass is 217 g/mol. The van der Waals surface area contributed by atoms with Crippen molar-refractivity contribution in [2.45, 2.75) is 23.5 Å². The van der Waals surface area contributed by atoms with Gasteiger partial charge in [-0.2, -0.15) is 0 Å². The largest absolute Gasteiger partial charge is 0.320 e. The Morgan fingerprint density at radius 1 is 1.54 bits per heavy atom. The number of hydrogen-bond acceptors (Lipinski definition) is 4. The van der Waals surface area contributed by atoms with Gasteiger partial charge in [0.2, 0.25) is 0 Å². The van der Waals surface area contributed by atoms with Gasteiger partial charge in [0.25, 0.3) is 0 Å². The first kappa shape index (κ1) is 10.8. The molecule has 72 valence electrons. The van der Waals surface area contributed by atoms with Crippen LogP contribution in [0.25, 0.3) is 0 Å². The fourth-order valence-corrected chi connectivity index (χ4v) is 1.46. The van der Waals surface area contributed by atoms with E-state index in [1.807, 2.05) is 12.3 Å². The van der Waals surface area contributed by atoms with E-state index in [-0.39, 0.29) is 17.9 Å². The maximum absolute atomic E-state index is 5.99. The summed E-state index contributed by atoms with van der Waals surface area (Å²) in [5.74, 6) is 0. The highest BCUT2D eigenvalue weighted by Gasteiger charge is 2.41. The highest BCUT2D eigenvalue weighted by molar-refractivity contribution is 7.98. The Hall–Kier alpha value is -0.320. The second kappa shape index (κ2) is 3.82. The Morgan fingerprint density at radius 2 is 2.23 bits per heavy atom. The molecule has 2 rings (SSSR count). The van der Waals surface area contributed by atoms with Crippen molar-refractivity contribution in [2.24, 2.45) is 5.73 Å². The summed E-state index contributed by atoms with van der Waals surface area (Å²) >= 11 is 1.55. The zero-order valence-electron chi connectivity index (χ0n) is 7.36. The van der Waals surface area contributed by atoms with Crippen LogP contribution < -0.4 is 5.73 Å². The molecular formula is C8H12ClN3S. The highest BCUT2D eigenvalue weighted by Crippen LogP contribution is 2.41. The van der Waals surface area contributed by atoms with E-state index in [2.05, 4.69) is 9.97 Å². The Bertz CT molecular complexity index is 301. The van der Waals surface area contributed by atoms with Crippen LogP contribution in [0.4, 0.5) is 0 Å². The smallest absolute Gasteiger partial charge is 0.187 e. The molecule has 1 saturated carbocycles. The van der Waals surface area contributed by atoms with E-state index in [1.165, 1.54) is 0 Å². The highest BCUT2D eigenvalue weighted by atomic mass is 35.5. The average Bonchev–Trinajstić information content (AvgIpc) is 2.85. The first-order valence-corrected chi connectivity index (χ1v) is 5.13. The summed E-state index contributed by atoms with van der Waals surface area (Å²) in [4.78, 5) is 8.45. The minimum atomic E-state index is -0.132. The molecule has 0 bridgehead atoms. The third kappa shape index (κ3) is 2.13. The fourth-order valence-electron chi connectivity index (χ4n) is 1.11. The van der Waals surface area contributed by atoms with Gasteiger partial charge in [-0.3, -0.25) is 0 Å². The van der Waals surface area contributed by atoms with Crippen LogP contribution in [0.5, 0.6) is 0 Å². The molecule has 1 aliphatic rings. The molecule has 0 unspecified atom stereocenters. The van der Waals surface area contributed by atoms with Gasteiger partial charge in [-0.15, -0.1) is 12.4 Å². The van der Waals surface area contributed by atoms with Crippen LogP contribution in [0, 0.1) is 0 Å². The third-order valence-corrected chi connectivity index (χ3v) is 2.68. The maximum Gasteiger partial charge on any atom is 0.187 e. The lowest BCUT2D eigenvalue weighted by Gasteiger charge is -2.07. The molecule has 1 aromatic rings. The molecule has 0 aromatic carbocycles. The minimum Gasteiger partial charge on any atom is -0.320 e. The van der Waals surface area contributed by atoms with Gasteiger partial charge in [0.15, 0.2) is 5.16 Å². The summed E-state index contributed by atoms with van der Waals surface area (Å²) in [6, 6.07) is 1.91. The summed E-state index contributed by atoms with van der Waals surface area (Å²) in [5, 5.41) is 0.809. The van der Waals surface area contributed by atoms with Crippen LogP contribution >= 0.6 is 24.2 Å². The van der Waals surface area contributed by atoms with Crippen LogP contribution in [-0.4, -0.2) is 16.2 Å². The van der Waals surface area contributed by atoms with Crippen molar-refractivity contribution in [1.29, 1.82) is 0 Å². The zero-order valence-corrected chi connectivity index (χ0v) is 8.99. The Kier molecular flexibility index (Phi) is 3.16. The molecule has 3 nitrogen and oxygen atoms in total. The lowest BCUT2D eigenvalue weighted by molar-refractivity contribution is 0.685. The summed E-state index contributed by atoms with van der Waals surface area (Å²) in [6.07, 6.45) is 5.85. The van der Waals surface area contributed by atoms with Crippen molar-refractivity contribution >= 4 is 24.2 Å². The van der Waals surface area contributed by atoms with Crippen LogP contribution in [-0.2, 0) is 5.54 Å². The number of rotatable bonds is 2. The standard InChI is InChI=1S/C8H11N3S.ClH/c1-12-7-10-5-2-6(11-7)8(9)3-4-8;/h2,5H,3-4,9H2,1H3;1H. The molecule has 1 aromatic heterocycles. The van der Waals surface area contributed by atoms with Crippen molar-refractivity contribution in [3.05, 3.63) is 18.0 Å². The topological polar surface area (TPSA) is 51.8 Å².